The van der Waals surface area contributed by atoms with Crippen molar-refractivity contribution in [2.24, 2.45) is 0 Å². The molecule has 2 aliphatic rings. The van der Waals surface area contributed by atoms with Gasteiger partial charge in [0.2, 0.25) is 0 Å². The molecular weight excluding hydrogens is 419 g/mol. The Labute approximate surface area is 183 Å². The summed E-state index contributed by atoms with van der Waals surface area (Å²) < 4.78 is 38.2. The van der Waals surface area contributed by atoms with Crippen LogP contribution in [-0.4, -0.2) is 47.6 Å². The lowest BCUT2D eigenvalue weighted by Crippen LogP contribution is -2.46. The van der Waals surface area contributed by atoms with E-state index < -0.39 is 11.7 Å². The molecule has 0 saturated carbocycles. The molecule has 4 heterocycles. The van der Waals surface area contributed by atoms with Crippen molar-refractivity contribution in [3.8, 4) is 0 Å². The van der Waals surface area contributed by atoms with Gasteiger partial charge in [0.1, 0.15) is 5.82 Å². The van der Waals surface area contributed by atoms with Crippen LogP contribution < -0.4 is 15.8 Å². The Kier molecular flexibility index (Phi) is 5.28. The molecule has 0 atom stereocenters. The minimum Gasteiger partial charge on any atom is -0.384 e. The van der Waals surface area contributed by atoms with Gasteiger partial charge in [0.15, 0.2) is 0 Å². The van der Waals surface area contributed by atoms with Crippen molar-refractivity contribution in [1.29, 1.82) is 0 Å². The summed E-state index contributed by atoms with van der Waals surface area (Å²) in [7, 11) is 0. The summed E-state index contributed by atoms with van der Waals surface area (Å²) in [5, 5.41) is 4.42. The van der Waals surface area contributed by atoms with Gasteiger partial charge >= 0.3 is 6.18 Å². The zero-order valence-electron chi connectivity index (χ0n) is 17.5. The fourth-order valence-electron chi connectivity index (χ4n) is 4.54. The van der Waals surface area contributed by atoms with Crippen LogP contribution >= 0.6 is 0 Å². The molecule has 0 aliphatic carbocycles. The molecule has 0 bridgehead atoms. The first-order valence-corrected chi connectivity index (χ1v) is 10.8. The van der Waals surface area contributed by atoms with Crippen LogP contribution in [0, 0.1) is 0 Å². The van der Waals surface area contributed by atoms with E-state index in [2.05, 4.69) is 32.3 Å². The first-order valence-electron chi connectivity index (χ1n) is 10.8. The molecule has 0 amide bonds. The molecule has 0 spiro atoms. The van der Waals surface area contributed by atoms with Crippen LogP contribution in [0.15, 0.2) is 41.3 Å². The standard InChI is InChI=1S/C23H24F3N5O/c24-23(25,26)16-4-6-20(28-13-16)31-10-8-30(9-11-31)14-15-3-5-17-19(12-15)29-22(32)18-2-1-7-27-21(17)18/h3-6,12-13,27H,1-2,7-11,14H2,(H,29,32). The number of aromatic amines is 1. The maximum atomic E-state index is 12.7. The van der Waals surface area contributed by atoms with Gasteiger partial charge in [0.05, 0.1) is 16.8 Å². The molecule has 1 fully saturated rings. The topological polar surface area (TPSA) is 64.3 Å². The summed E-state index contributed by atoms with van der Waals surface area (Å²) in [5.41, 5.74) is 3.00. The summed E-state index contributed by atoms with van der Waals surface area (Å²) in [4.78, 5) is 23.8. The van der Waals surface area contributed by atoms with E-state index in [-0.39, 0.29) is 5.56 Å². The number of aromatic nitrogens is 2. The van der Waals surface area contributed by atoms with E-state index in [4.69, 9.17) is 0 Å². The second-order valence-corrected chi connectivity index (χ2v) is 8.38. The van der Waals surface area contributed by atoms with Crippen molar-refractivity contribution in [1.82, 2.24) is 14.9 Å². The summed E-state index contributed by atoms with van der Waals surface area (Å²) in [5.74, 6) is 0.568. The van der Waals surface area contributed by atoms with Crippen LogP contribution in [0.1, 0.15) is 23.1 Å². The number of hydrogen-bond donors (Lipinski definition) is 2. The van der Waals surface area contributed by atoms with E-state index in [0.717, 1.165) is 79.0 Å². The monoisotopic (exact) mass is 443 g/mol. The Bertz CT molecular complexity index is 1180. The number of halogens is 3. The number of alkyl halides is 3. The van der Waals surface area contributed by atoms with E-state index in [1.807, 2.05) is 11.0 Å². The van der Waals surface area contributed by atoms with Crippen molar-refractivity contribution < 1.29 is 13.2 Å². The highest BCUT2D eigenvalue weighted by atomic mass is 19.4. The summed E-state index contributed by atoms with van der Waals surface area (Å²) in [6.07, 6.45) is -1.71. The number of benzene rings is 1. The fourth-order valence-corrected chi connectivity index (χ4v) is 4.54. The van der Waals surface area contributed by atoms with E-state index >= 15 is 0 Å². The molecule has 6 nitrogen and oxygen atoms in total. The molecule has 2 aliphatic heterocycles. The second-order valence-electron chi connectivity index (χ2n) is 8.38. The molecule has 3 aromatic rings. The SMILES string of the molecule is O=c1[nH]c2cc(CN3CCN(c4ccc(C(F)(F)F)cn4)CC3)ccc2c2c1CCCN2. The van der Waals surface area contributed by atoms with Gasteiger partial charge in [-0.25, -0.2) is 4.98 Å². The van der Waals surface area contributed by atoms with Gasteiger partial charge in [0, 0.05) is 56.4 Å². The second kappa shape index (κ2) is 8.12. The molecule has 32 heavy (non-hydrogen) atoms. The highest BCUT2D eigenvalue weighted by Gasteiger charge is 2.31. The van der Waals surface area contributed by atoms with Crippen molar-refractivity contribution in [2.75, 3.05) is 42.9 Å². The number of nitrogens with one attached hydrogen (secondary N) is 2. The van der Waals surface area contributed by atoms with Crippen LogP contribution in [0.25, 0.3) is 10.9 Å². The third-order valence-electron chi connectivity index (χ3n) is 6.26. The smallest absolute Gasteiger partial charge is 0.384 e. The normalized spacial score (nSPS) is 17.3. The average molecular weight is 443 g/mol. The van der Waals surface area contributed by atoms with Gasteiger partial charge in [-0.3, -0.25) is 9.69 Å². The van der Waals surface area contributed by atoms with E-state index in [1.165, 1.54) is 6.07 Å². The molecule has 1 saturated heterocycles. The Balaban J connectivity index is 1.25. The van der Waals surface area contributed by atoms with Gasteiger partial charge in [-0.15, -0.1) is 0 Å². The molecule has 2 aromatic heterocycles. The largest absolute Gasteiger partial charge is 0.417 e. The third kappa shape index (κ3) is 4.04. The van der Waals surface area contributed by atoms with E-state index in [9.17, 15) is 18.0 Å². The quantitative estimate of drug-likeness (QED) is 0.648. The lowest BCUT2D eigenvalue weighted by atomic mass is 10.0. The van der Waals surface area contributed by atoms with E-state index in [0.29, 0.717) is 18.9 Å². The first kappa shape index (κ1) is 20.8. The number of H-pyrrole nitrogens is 1. The van der Waals surface area contributed by atoms with Crippen LogP contribution in [0.5, 0.6) is 0 Å². The first-order chi connectivity index (χ1) is 15.4. The highest BCUT2D eigenvalue weighted by molar-refractivity contribution is 5.93. The third-order valence-corrected chi connectivity index (χ3v) is 6.26. The number of anilines is 2. The summed E-state index contributed by atoms with van der Waals surface area (Å²) in [6, 6.07) is 8.73. The van der Waals surface area contributed by atoms with Crippen LogP contribution in [-0.2, 0) is 19.1 Å². The van der Waals surface area contributed by atoms with Gasteiger partial charge in [-0.05, 0) is 36.6 Å². The molecule has 0 unspecified atom stereocenters. The average Bonchev–Trinajstić information content (AvgIpc) is 2.79. The molecule has 0 radical (unpaired) electrons. The predicted molar refractivity (Wildman–Crippen MR) is 118 cm³/mol. The summed E-state index contributed by atoms with van der Waals surface area (Å²) in [6.45, 7) is 4.58. The Morgan fingerprint density at radius 3 is 2.59 bits per heavy atom. The minimum atomic E-state index is -4.37. The number of piperazine rings is 1. The van der Waals surface area contributed by atoms with Gasteiger partial charge < -0.3 is 15.2 Å². The van der Waals surface area contributed by atoms with Gasteiger partial charge in [-0.1, -0.05) is 12.1 Å². The molecule has 2 N–H and O–H groups in total. The van der Waals surface area contributed by atoms with Crippen molar-refractivity contribution in [3.63, 3.8) is 0 Å². The number of rotatable bonds is 3. The predicted octanol–water partition coefficient (Wildman–Crippen LogP) is 3.62. The number of nitrogens with zero attached hydrogens (tertiary/aromatic N) is 3. The van der Waals surface area contributed by atoms with Crippen LogP contribution in [0.4, 0.5) is 24.7 Å². The number of pyridine rings is 2. The molecule has 9 heteroatoms. The minimum absolute atomic E-state index is 0.0190. The number of hydrogen-bond acceptors (Lipinski definition) is 5. The van der Waals surface area contributed by atoms with Gasteiger partial charge in [-0.2, -0.15) is 13.2 Å². The maximum absolute atomic E-state index is 12.7. The lowest BCUT2D eigenvalue weighted by Gasteiger charge is -2.35. The Morgan fingerprint density at radius 2 is 1.88 bits per heavy atom. The lowest BCUT2D eigenvalue weighted by molar-refractivity contribution is -0.137. The molecule has 1 aromatic carbocycles. The highest BCUT2D eigenvalue weighted by Crippen LogP contribution is 2.30. The van der Waals surface area contributed by atoms with E-state index in [1.54, 1.807) is 0 Å². The van der Waals surface area contributed by atoms with Crippen molar-refractivity contribution in [2.45, 2.75) is 25.6 Å². The zero-order chi connectivity index (χ0) is 22.3. The van der Waals surface area contributed by atoms with Crippen molar-refractivity contribution >= 4 is 22.4 Å². The molecular formula is C23H24F3N5O. The van der Waals surface area contributed by atoms with Crippen LogP contribution in [0.3, 0.4) is 0 Å². The van der Waals surface area contributed by atoms with Crippen molar-refractivity contribution in [3.05, 3.63) is 63.6 Å². The maximum Gasteiger partial charge on any atom is 0.417 e. The Hall–Kier alpha value is -3.07. The fraction of sp³-hybridized carbons (Fsp3) is 0.391. The summed E-state index contributed by atoms with van der Waals surface area (Å²) >= 11 is 0. The molecule has 5 rings (SSSR count). The molecule has 168 valence electrons. The zero-order valence-corrected chi connectivity index (χ0v) is 17.5. The van der Waals surface area contributed by atoms with Gasteiger partial charge in [0.25, 0.3) is 5.56 Å². The number of fused-ring (bicyclic) bond motifs is 3. The van der Waals surface area contributed by atoms with Crippen LogP contribution in [0.2, 0.25) is 0 Å². The Morgan fingerprint density at radius 1 is 1.06 bits per heavy atom.